The predicted molar refractivity (Wildman–Crippen MR) is 115 cm³/mol. The molecule has 0 N–H and O–H groups in total. The van der Waals surface area contributed by atoms with Gasteiger partial charge >= 0.3 is 0 Å². The number of aryl methyl sites for hydroxylation is 1. The van der Waals surface area contributed by atoms with Gasteiger partial charge in [-0.2, -0.15) is 5.10 Å². The van der Waals surface area contributed by atoms with Crippen molar-refractivity contribution in [2.45, 2.75) is 32.7 Å². The van der Waals surface area contributed by atoms with Gasteiger partial charge in [0.15, 0.2) is 5.78 Å². The molecule has 0 fully saturated rings. The summed E-state index contributed by atoms with van der Waals surface area (Å²) >= 11 is 3.52. The van der Waals surface area contributed by atoms with E-state index in [1.54, 1.807) is 20.1 Å². The van der Waals surface area contributed by atoms with E-state index in [1.165, 1.54) is 11.1 Å². The van der Waals surface area contributed by atoms with Crippen LogP contribution < -0.4 is 4.74 Å². The first kappa shape index (κ1) is 18.9. The standard InChI is InChI=1S/C23H23BrN2O2/c1-14(12-15(2)27)26-23(17-4-8-18(24)9-5-17)20-11-7-16-6-10-19(28-3)13-21(16)22(20)25-26/h4-6,8-10,12-13,20,23H,7,11H2,1-3H3/b14-12+/t20-,23+/m0/s1. The molecule has 0 radical (unpaired) electrons. The summed E-state index contributed by atoms with van der Waals surface area (Å²) in [6.45, 7) is 3.54. The van der Waals surface area contributed by atoms with Crippen LogP contribution in [-0.2, 0) is 11.2 Å². The van der Waals surface area contributed by atoms with Gasteiger partial charge in [0.25, 0.3) is 0 Å². The van der Waals surface area contributed by atoms with E-state index in [0.29, 0.717) is 0 Å². The number of halogens is 1. The summed E-state index contributed by atoms with van der Waals surface area (Å²) < 4.78 is 6.50. The molecule has 4 rings (SSSR count). The fourth-order valence-corrected chi connectivity index (χ4v) is 4.53. The molecule has 0 spiro atoms. The molecular weight excluding hydrogens is 416 g/mol. The van der Waals surface area contributed by atoms with E-state index in [-0.39, 0.29) is 17.7 Å². The molecule has 0 aromatic heterocycles. The van der Waals surface area contributed by atoms with Crippen LogP contribution in [0, 0.1) is 5.92 Å². The van der Waals surface area contributed by atoms with Gasteiger partial charge in [0, 0.05) is 27.7 Å². The first-order valence-electron chi connectivity index (χ1n) is 9.47. The Bertz CT molecular complexity index is 979. The molecule has 0 bridgehead atoms. The zero-order chi connectivity index (χ0) is 19.8. The van der Waals surface area contributed by atoms with E-state index in [2.05, 4.69) is 52.3 Å². The fraction of sp³-hybridized carbons (Fsp3) is 0.304. The van der Waals surface area contributed by atoms with Crippen LogP contribution in [0.25, 0.3) is 0 Å². The lowest BCUT2D eigenvalue weighted by Gasteiger charge is -2.31. The lowest BCUT2D eigenvalue weighted by molar-refractivity contribution is -0.112. The zero-order valence-corrected chi connectivity index (χ0v) is 17.9. The second kappa shape index (κ2) is 7.55. The number of nitrogens with zero attached hydrogens (tertiary/aromatic N) is 2. The van der Waals surface area contributed by atoms with Crippen molar-refractivity contribution in [3.8, 4) is 5.75 Å². The van der Waals surface area contributed by atoms with Crippen LogP contribution in [0.15, 0.2) is 63.8 Å². The van der Waals surface area contributed by atoms with Crippen molar-refractivity contribution in [1.82, 2.24) is 5.01 Å². The summed E-state index contributed by atoms with van der Waals surface area (Å²) in [5.74, 6) is 1.15. The fourth-order valence-electron chi connectivity index (χ4n) is 4.26. The number of ether oxygens (including phenoxy) is 1. The smallest absolute Gasteiger partial charge is 0.154 e. The van der Waals surface area contributed by atoms with Gasteiger partial charge in [0.05, 0.1) is 18.9 Å². The van der Waals surface area contributed by atoms with Gasteiger partial charge in [0.2, 0.25) is 0 Å². The van der Waals surface area contributed by atoms with Gasteiger partial charge < -0.3 is 4.74 Å². The van der Waals surface area contributed by atoms with Gasteiger partial charge in [-0.25, -0.2) is 0 Å². The Kier molecular flexibility index (Phi) is 5.11. The molecular formula is C23H23BrN2O2. The third-order valence-corrected chi connectivity index (χ3v) is 6.04. The zero-order valence-electron chi connectivity index (χ0n) is 16.3. The van der Waals surface area contributed by atoms with Crippen LogP contribution in [0.5, 0.6) is 5.75 Å². The minimum Gasteiger partial charge on any atom is -0.497 e. The van der Waals surface area contributed by atoms with Crippen molar-refractivity contribution in [2.75, 3.05) is 7.11 Å². The molecule has 4 nitrogen and oxygen atoms in total. The number of hydrogen-bond acceptors (Lipinski definition) is 4. The average Bonchev–Trinajstić information content (AvgIpc) is 3.08. The topological polar surface area (TPSA) is 41.9 Å². The maximum Gasteiger partial charge on any atom is 0.154 e. The first-order valence-corrected chi connectivity index (χ1v) is 10.3. The molecule has 0 saturated carbocycles. The number of benzene rings is 2. The molecule has 2 aromatic carbocycles. The number of hydrogen-bond donors (Lipinski definition) is 0. The molecule has 28 heavy (non-hydrogen) atoms. The van der Waals surface area contributed by atoms with E-state index in [9.17, 15) is 4.79 Å². The summed E-state index contributed by atoms with van der Waals surface area (Å²) in [4.78, 5) is 11.7. The second-order valence-electron chi connectivity index (χ2n) is 7.39. The highest BCUT2D eigenvalue weighted by atomic mass is 79.9. The molecule has 1 aliphatic heterocycles. The number of ketones is 1. The summed E-state index contributed by atoms with van der Waals surface area (Å²) in [6.07, 6.45) is 3.71. The minimum atomic E-state index is 0.0317. The Morgan fingerprint density at radius 2 is 1.96 bits per heavy atom. The van der Waals surface area contributed by atoms with Crippen molar-refractivity contribution in [3.05, 3.63) is 75.4 Å². The van der Waals surface area contributed by atoms with Crippen molar-refractivity contribution >= 4 is 27.4 Å². The lowest BCUT2D eigenvalue weighted by atomic mass is 9.77. The lowest BCUT2D eigenvalue weighted by Crippen LogP contribution is -2.28. The minimum absolute atomic E-state index is 0.0317. The van der Waals surface area contributed by atoms with E-state index >= 15 is 0 Å². The largest absolute Gasteiger partial charge is 0.497 e. The highest BCUT2D eigenvalue weighted by Gasteiger charge is 2.42. The molecule has 0 unspecified atom stereocenters. The highest BCUT2D eigenvalue weighted by molar-refractivity contribution is 9.10. The molecule has 0 amide bonds. The normalized spacial score (nSPS) is 21.1. The van der Waals surface area contributed by atoms with Crippen LogP contribution >= 0.6 is 15.9 Å². The molecule has 2 aromatic rings. The number of fused-ring (bicyclic) bond motifs is 3. The summed E-state index contributed by atoms with van der Waals surface area (Å²) in [5.41, 5.74) is 5.63. The van der Waals surface area contributed by atoms with Crippen molar-refractivity contribution in [2.24, 2.45) is 11.0 Å². The SMILES string of the molecule is COc1ccc2c(c1)C1=NN(/C(C)=C/C(C)=O)[C@H](c3ccc(Br)cc3)[C@H]1CC2. The van der Waals surface area contributed by atoms with Gasteiger partial charge in [-0.1, -0.05) is 34.1 Å². The van der Waals surface area contributed by atoms with Gasteiger partial charge in [-0.3, -0.25) is 9.80 Å². The average molecular weight is 439 g/mol. The summed E-state index contributed by atoms with van der Waals surface area (Å²) in [7, 11) is 1.69. The molecule has 2 aliphatic rings. The predicted octanol–water partition coefficient (Wildman–Crippen LogP) is 5.27. The molecule has 5 heteroatoms. The summed E-state index contributed by atoms with van der Waals surface area (Å²) in [6, 6.07) is 14.7. The Morgan fingerprint density at radius 3 is 2.64 bits per heavy atom. The summed E-state index contributed by atoms with van der Waals surface area (Å²) in [5, 5.41) is 7.05. The van der Waals surface area contributed by atoms with Gasteiger partial charge in [-0.15, -0.1) is 0 Å². The maximum absolute atomic E-state index is 11.7. The van der Waals surface area contributed by atoms with Crippen LogP contribution in [0.4, 0.5) is 0 Å². The number of allylic oxidation sites excluding steroid dienone is 2. The van der Waals surface area contributed by atoms with E-state index in [1.807, 2.05) is 18.0 Å². The van der Waals surface area contributed by atoms with Gasteiger partial charge in [-0.05, 0) is 62.1 Å². The van der Waals surface area contributed by atoms with Crippen LogP contribution in [0.2, 0.25) is 0 Å². The van der Waals surface area contributed by atoms with Crippen LogP contribution in [0.3, 0.4) is 0 Å². The quantitative estimate of drug-likeness (QED) is 0.610. The Morgan fingerprint density at radius 1 is 1.21 bits per heavy atom. The molecule has 0 saturated heterocycles. The first-order chi connectivity index (χ1) is 13.5. The van der Waals surface area contributed by atoms with E-state index in [4.69, 9.17) is 9.84 Å². The molecule has 1 heterocycles. The van der Waals surface area contributed by atoms with Crippen molar-refractivity contribution in [3.63, 3.8) is 0 Å². The number of hydrazone groups is 1. The van der Waals surface area contributed by atoms with E-state index < -0.39 is 0 Å². The number of rotatable bonds is 4. The maximum atomic E-state index is 11.7. The Hall–Kier alpha value is -2.40. The molecule has 2 atom stereocenters. The number of methoxy groups -OCH3 is 1. The van der Waals surface area contributed by atoms with E-state index in [0.717, 1.165) is 40.0 Å². The molecule has 1 aliphatic carbocycles. The van der Waals surface area contributed by atoms with Crippen molar-refractivity contribution < 1.29 is 9.53 Å². The van der Waals surface area contributed by atoms with Gasteiger partial charge in [0.1, 0.15) is 5.75 Å². The van der Waals surface area contributed by atoms with Crippen LogP contribution in [0.1, 0.15) is 43.0 Å². The van der Waals surface area contributed by atoms with Crippen molar-refractivity contribution in [1.29, 1.82) is 0 Å². The third-order valence-electron chi connectivity index (χ3n) is 5.51. The second-order valence-corrected chi connectivity index (χ2v) is 8.31. The Balaban J connectivity index is 1.83. The monoisotopic (exact) mass is 438 g/mol. The third kappa shape index (κ3) is 3.39. The van der Waals surface area contributed by atoms with Crippen LogP contribution in [-0.4, -0.2) is 23.6 Å². The highest BCUT2D eigenvalue weighted by Crippen LogP contribution is 2.45. The molecule has 144 valence electrons. The number of carbonyl (C=O) groups excluding carboxylic acids is 1. The Labute approximate surface area is 174 Å². The number of carbonyl (C=O) groups is 1.